The second-order valence-corrected chi connectivity index (χ2v) is 7.63. The number of rotatable bonds is 4. The molecule has 4 heteroatoms. The van der Waals surface area contributed by atoms with Gasteiger partial charge in [-0.05, 0) is 32.1 Å². The van der Waals surface area contributed by atoms with E-state index >= 15 is 0 Å². The summed E-state index contributed by atoms with van der Waals surface area (Å²) < 4.78 is 5.85. The van der Waals surface area contributed by atoms with Crippen LogP contribution in [0.1, 0.15) is 53.9 Å². The van der Waals surface area contributed by atoms with Crippen LogP contribution in [0, 0.1) is 17.3 Å². The van der Waals surface area contributed by atoms with Crippen molar-refractivity contribution in [1.29, 1.82) is 0 Å². The lowest BCUT2D eigenvalue weighted by Crippen LogP contribution is -2.82. The molecule has 1 aliphatic carbocycles. The highest BCUT2D eigenvalue weighted by molar-refractivity contribution is 5.89. The smallest absolute Gasteiger partial charge is 0.241 e. The van der Waals surface area contributed by atoms with Gasteiger partial charge in [0, 0.05) is 24.0 Å². The zero-order chi connectivity index (χ0) is 15.1. The third-order valence-electron chi connectivity index (χ3n) is 5.26. The first-order valence-electron chi connectivity index (χ1n) is 7.92. The molecule has 4 unspecified atom stereocenters. The second-order valence-electron chi connectivity index (χ2n) is 7.63. The fourth-order valence-corrected chi connectivity index (χ4v) is 4.15. The minimum Gasteiger partial charge on any atom is -0.377 e. The quantitative estimate of drug-likeness (QED) is 0.829. The van der Waals surface area contributed by atoms with E-state index in [0.717, 1.165) is 25.9 Å². The van der Waals surface area contributed by atoms with Gasteiger partial charge in [-0.25, -0.2) is 0 Å². The lowest BCUT2D eigenvalue weighted by Gasteiger charge is -2.65. The Hall–Kier alpha value is -0.610. The molecule has 0 spiro atoms. The van der Waals surface area contributed by atoms with Gasteiger partial charge in [-0.2, -0.15) is 0 Å². The normalized spacial score (nSPS) is 37.0. The van der Waals surface area contributed by atoms with Gasteiger partial charge in [0.2, 0.25) is 5.91 Å². The van der Waals surface area contributed by atoms with Crippen LogP contribution in [0.3, 0.4) is 0 Å². The maximum absolute atomic E-state index is 12.7. The highest BCUT2D eigenvalue weighted by atomic mass is 16.5. The Labute approximate surface area is 122 Å². The first kappa shape index (κ1) is 15.8. The van der Waals surface area contributed by atoms with Crippen molar-refractivity contribution < 1.29 is 9.53 Å². The summed E-state index contributed by atoms with van der Waals surface area (Å²) in [4.78, 5) is 12.7. The first-order chi connectivity index (χ1) is 9.21. The van der Waals surface area contributed by atoms with Crippen LogP contribution in [-0.2, 0) is 9.53 Å². The molecule has 0 aromatic rings. The largest absolute Gasteiger partial charge is 0.377 e. The number of fused-ring (bicyclic) bond motifs is 1. The van der Waals surface area contributed by atoms with E-state index in [4.69, 9.17) is 10.5 Å². The van der Waals surface area contributed by atoms with Gasteiger partial charge in [0.1, 0.15) is 5.54 Å². The maximum Gasteiger partial charge on any atom is 0.241 e. The molecule has 1 heterocycles. The molecule has 0 bridgehead atoms. The summed E-state index contributed by atoms with van der Waals surface area (Å²) in [7, 11) is 0. The number of hydrogen-bond donors (Lipinski definition) is 2. The highest BCUT2D eigenvalue weighted by Gasteiger charge is 2.70. The van der Waals surface area contributed by atoms with Crippen LogP contribution in [0.2, 0.25) is 0 Å². The topological polar surface area (TPSA) is 64.4 Å². The molecule has 2 rings (SSSR count). The zero-order valence-electron chi connectivity index (χ0n) is 13.5. The average molecular weight is 282 g/mol. The molecule has 1 saturated carbocycles. The van der Waals surface area contributed by atoms with E-state index in [0.29, 0.717) is 5.92 Å². The standard InChI is InChI=1S/C16H30N2O2/c1-10(2)9-11(3)18-14(19)16(17)12-7-6-8-20-13(12)15(16,4)5/h10-13H,6-9,17H2,1-5H3,(H,18,19). The van der Waals surface area contributed by atoms with Gasteiger partial charge >= 0.3 is 0 Å². The summed E-state index contributed by atoms with van der Waals surface area (Å²) in [5.41, 5.74) is 5.49. The van der Waals surface area contributed by atoms with Crippen LogP contribution in [0.25, 0.3) is 0 Å². The Morgan fingerprint density at radius 1 is 1.40 bits per heavy atom. The van der Waals surface area contributed by atoms with E-state index in [9.17, 15) is 4.79 Å². The molecule has 116 valence electrons. The Kier molecular flexibility index (Phi) is 4.18. The summed E-state index contributed by atoms with van der Waals surface area (Å²) >= 11 is 0. The van der Waals surface area contributed by atoms with Crippen LogP contribution in [0.5, 0.6) is 0 Å². The van der Waals surface area contributed by atoms with Gasteiger partial charge in [-0.3, -0.25) is 4.79 Å². The van der Waals surface area contributed by atoms with E-state index in [1.807, 2.05) is 0 Å². The van der Waals surface area contributed by atoms with Crippen molar-refractivity contribution >= 4 is 5.91 Å². The van der Waals surface area contributed by atoms with E-state index in [2.05, 4.69) is 39.9 Å². The molecule has 4 nitrogen and oxygen atoms in total. The van der Waals surface area contributed by atoms with Gasteiger partial charge in [-0.15, -0.1) is 0 Å². The van der Waals surface area contributed by atoms with Crippen molar-refractivity contribution in [2.45, 2.75) is 71.6 Å². The van der Waals surface area contributed by atoms with Crippen molar-refractivity contribution in [3.05, 3.63) is 0 Å². The fourth-order valence-electron chi connectivity index (χ4n) is 4.15. The SMILES string of the molecule is CC(C)CC(C)NC(=O)C1(N)C2CCCOC2C1(C)C. The summed E-state index contributed by atoms with van der Waals surface area (Å²) in [5, 5.41) is 3.12. The van der Waals surface area contributed by atoms with Gasteiger partial charge in [0.05, 0.1) is 6.10 Å². The average Bonchev–Trinajstić information content (AvgIpc) is 2.36. The van der Waals surface area contributed by atoms with E-state index < -0.39 is 5.54 Å². The Morgan fingerprint density at radius 3 is 2.65 bits per heavy atom. The van der Waals surface area contributed by atoms with Crippen LogP contribution >= 0.6 is 0 Å². The van der Waals surface area contributed by atoms with E-state index in [1.165, 1.54) is 0 Å². The highest BCUT2D eigenvalue weighted by Crippen LogP contribution is 2.57. The van der Waals surface area contributed by atoms with Crippen molar-refractivity contribution in [3.63, 3.8) is 0 Å². The fraction of sp³-hybridized carbons (Fsp3) is 0.938. The predicted octanol–water partition coefficient (Wildman–Crippen LogP) is 2.07. The van der Waals surface area contributed by atoms with Crippen molar-refractivity contribution in [3.8, 4) is 0 Å². The lowest BCUT2D eigenvalue weighted by atomic mass is 9.46. The summed E-state index contributed by atoms with van der Waals surface area (Å²) in [5.74, 6) is 0.735. The molecule has 1 amide bonds. The summed E-state index contributed by atoms with van der Waals surface area (Å²) in [6.45, 7) is 11.3. The molecule has 0 aromatic heterocycles. The monoisotopic (exact) mass is 282 g/mol. The third-order valence-corrected chi connectivity index (χ3v) is 5.26. The maximum atomic E-state index is 12.7. The number of amides is 1. The predicted molar refractivity (Wildman–Crippen MR) is 80.2 cm³/mol. The molecule has 3 N–H and O–H groups in total. The molecule has 1 aliphatic heterocycles. The Bertz CT molecular complexity index is 381. The van der Waals surface area contributed by atoms with Crippen LogP contribution in [0.15, 0.2) is 0 Å². The number of carbonyl (C=O) groups excluding carboxylic acids is 1. The number of nitrogens with one attached hydrogen (secondary N) is 1. The van der Waals surface area contributed by atoms with Crippen molar-refractivity contribution in [2.75, 3.05) is 6.61 Å². The molecular formula is C16H30N2O2. The van der Waals surface area contributed by atoms with E-state index in [1.54, 1.807) is 0 Å². The molecule has 0 radical (unpaired) electrons. The minimum atomic E-state index is -0.788. The van der Waals surface area contributed by atoms with E-state index in [-0.39, 0.29) is 29.4 Å². The molecule has 4 atom stereocenters. The molecule has 2 fully saturated rings. The number of nitrogens with two attached hydrogens (primary N) is 1. The van der Waals surface area contributed by atoms with Crippen LogP contribution in [-0.4, -0.2) is 30.2 Å². The Balaban J connectivity index is 2.07. The number of carbonyl (C=O) groups is 1. The number of hydrogen-bond acceptors (Lipinski definition) is 3. The van der Waals surface area contributed by atoms with Crippen LogP contribution < -0.4 is 11.1 Å². The molecule has 1 saturated heterocycles. The Morgan fingerprint density at radius 2 is 2.05 bits per heavy atom. The van der Waals surface area contributed by atoms with Gasteiger partial charge < -0.3 is 15.8 Å². The number of ether oxygens (including phenoxy) is 1. The van der Waals surface area contributed by atoms with Gasteiger partial charge in [-0.1, -0.05) is 27.7 Å². The zero-order valence-corrected chi connectivity index (χ0v) is 13.5. The van der Waals surface area contributed by atoms with Crippen LogP contribution in [0.4, 0.5) is 0 Å². The molecule has 0 aromatic carbocycles. The molecule has 2 aliphatic rings. The first-order valence-corrected chi connectivity index (χ1v) is 7.92. The molecular weight excluding hydrogens is 252 g/mol. The van der Waals surface area contributed by atoms with Gasteiger partial charge in [0.25, 0.3) is 0 Å². The lowest BCUT2D eigenvalue weighted by molar-refractivity contribution is -0.225. The summed E-state index contributed by atoms with van der Waals surface area (Å²) in [6, 6.07) is 0.169. The minimum absolute atomic E-state index is 0.00222. The second kappa shape index (κ2) is 5.30. The molecule has 20 heavy (non-hydrogen) atoms. The summed E-state index contributed by atoms with van der Waals surface area (Å²) in [6.07, 6.45) is 3.11. The van der Waals surface area contributed by atoms with Gasteiger partial charge in [0.15, 0.2) is 0 Å². The third kappa shape index (κ3) is 2.27. The van der Waals surface area contributed by atoms with Crippen molar-refractivity contribution in [2.24, 2.45) is 23.0 Å². The van der Waals surface area contributed by atoms with Crippen molar-refractivity contribution in [1.82, 2.24) is 5.32 Å².